The lowest BCUT2D eigenvalue weighted by Crippen LogP contribution is -2.06. The van der Waals surface area contributed by atoms with Crippen LogP contribution in [-0.2, 0) is 15.9 Å². The Morgan fingerprint density at radius 2 is 1.25 bits per heavy atom. The molecule has 0 saturated heterocycles. The van der Waals surface area contributed by atoms with Gasteiger partial charge in [-0.05, 0) is 46.4 Å². The van der Waals surface area contributed by atoms with Crippen LogP contribution in [0.1, 0.15) is 22.6 Å². The SMILES string of the molecule is COCOc1ccc(CC2c3ccccc3-c3ccccc32)cc1OCOC. The summed E-state index contributed by atoms with van der Waals surface area (Å²) in [4.78, 5) is 0. The second kappa shape index (κ2) is 8.46. The molecule has 0 saturated carbocycles. The van der Waals surface area contributed by atoms with Crippen LogP contribution in [0.25, 0.3) is 11.1 Å². The van der Waals surface area contributed by atoms with Crippen molar-refractivity contribution in [2.75, 3.05) is 27.8 Å². The smallest absolute Gasteiger partial charge is 0.188 e. The highest BCUT2D eigenvalue weighted by molar-refractivity contribution is 5.78. The number of hydrogen-bond acceptors (Lipinski definition) is 4. The molecule has 1 aliphatic rings. The van der Waals surface area contributed by atoms with E-state index in [0.717, 1.165) is 6.42 Å². The average molecular weight is 376 g/mol. The average Bonchev–Trinajstić information content (AvgIpc) is 3.05. The maximum Gasteiger partial charge on any atom is 0.188 e. The van der Waals surface area contributed by atoms with Gasteiger partial charge in [-0.25, -0.2) is 0 Å². The summed E-state index contributed by atoms with van der Waals surface area (Å²) in [7, 11) is 3.20. The summed E-state index contributed by atoms with van der Waals surface area (Å²) in [6, 6.07) is 23.4. The summed E-state index contributed by atoms with van der Waals surface area (Å²) < 4.78 is 21.4. The Balaban J connectivity index is 1.65. The highest BCUT2D eigenvalue weighted by Crippen LogP contribution is 2.46. The summed E-state index contributed by atoms with van der Waals surface area (Å²) in [6.07, 6.45) is 0.891. The summed E-state index contributed by atoms with van der Waals surface area (Å²) >= 11 is 0. The lowest BCUT2D eigenvalue weighted by molar-refractivity contribution is 0.0322. The van der Waals surface area contributed by atoms with Crippen LogP contribution in [0.2, 0.25) is 0 Å². The molecule has 0 heterocycles. The van der Waals surface area contributed by atoms with Gasteiger partial charge in [0.2, 0.25) is 0 Å². The second-order valence-electron chi connectivity index (χ2n) is 6.81. The van der Waals surface area contributed by atoms with E-state index in [1.54, 1.807) is 14.2 Å². The van der Waals surface area contributed by atoms with Crippen molar-refractivity contribution in [1.82, 2.24) is 0 Å². The molecule has 28 heavy (non-hydrogen) atoms. The molecule has 0 radical (unpaired) electrons. The summed E-state index contributed by atoms with van der Waals surface area (Å²) in [5, 5.41) is 0. The zero-order valence-corrected chi connectivity index (χ0v) is 16.2. The number of hydrogen-bond donors (Lipinski definition) is 0. The number of ether oxygens (including phenoxy) is 4. The zero-order chi connectivity index (χ0) is 19.3. The molecule has 0 N–H and O–H groups in total. The standard InChI is InChI=1S/C24H24O4/c1-25-15-27-23-12-11-17(14-24(23)28-16-26-2)13-22-20-9-5-3-7-18(20)19-8-4-6-10-21(19)22/h3-12,14,22H,13,15-16H2,1-2H3. The van der Waals surface area contributed by atoms with Crippen LogP contribution >= 0.6 is 0 Å². The molecule has 4 heteroatoms. The van der Waals surface area contributed by atoms with Crippen LogP contribution in [0, 0.1) is 0 Å². The van der Waals surface area contributed by atoms with Gasteiger partial charge in [-0.15, -0.1) is 0 Å². The Labute approximate surface area is 165 Å². The van der Waals surface area contributed by atoms with E-state index in [9.17, 15) is 0 Å². The third-order valence-corrected chi connectivity index (χ3v) is 5.08. The Kier molecular flexibility index (Phi) is 5.60. The van der Waals surface area contributed by atoms with Crippen LogP contribution in [0.4, 0.5) is 0 Å². The maximum atomic E-state index is 5.72. The monoisotopic (exact) mass is 376 g/mol. The molecule has 3 aromatic rings. The van der Waals surface area contributed by atoms with Crippen molar-refractivity contribution in [2.24, 2.45) is 0 Å². The van der Waals surface area contributed by atoms with Crippen molar-refractivity contribution in [3.8, 4) is 22.6 Å². The van der Waals surface area contributed by atoms with E-state index in [0.29, 0.717) is 17.4 Å². The molecule has 0 spiro atoms. The third-order valence-electron chi connectivity index (χ3n) is 5.08. The quantitative estimate of drug-likeness (QED) is 0.518. The molecule has 0 atom stereocenters. The van der Waals surface area contributed by atoms with Gasteiger partial charge in [0.05, 0.1) is 0 Å². The highest BCUT2D eigenvalue weighted by Gasteiger charge is 2.28. The molecule has 0 amide bonds. The molecule has 1 aliphatic carbocycles. The van der Waals surface area contributed by atoms with Crippen molar-refractivity contribution in [2.45, 2.75) is 12.3 Å². The van der Waals surface area contributed by atoms with Gasteiger partial charge in [-0.1, -0.05) is 54.6 Å². The van der Waals surface area contributed by atoms with Crippen LogP contribution in [0.5, 0.6) is 11.5 Å². The van der Waals surface area contributed by atoms with Crippen molar-refractivity contribution < 1.29 is 18.9 Å². The third kappa shape index (κ3) is 3.61. The Bertz CT molecular complexity index is 905. The molecular formula is C24H24O4. The lowest BCUT2D eigenvalue weighted by atomic mass is 9.90. The molecule has 4 rings (SSSR count). The minimum Gasteiger partial charge on any atom is -0.464 e. The van der Waals surface area contributed by atoms with Gasteiger partial charge in [0.1, 0.15) is 0 Å². The van der Waals surface area contributed by atoms with E-state index in [1.807, 2.05) is 12.1 Å². The van der Waals surface area contributed by atoms with Crippen molar-refractivity contribution >= 4 is 0 Å². The summed E-state index contributed by atoms with van der Waals surface area (Å²) in [5.41, 5.74) is 6.61. The predicted molar refractivity (Wildman–Crippen MR) is 109 cm³/mol. The van der Waals surface area contributed by atoms with E-state index in [2.05, 4.69) is 54.6 Å². The first-order valence-corrected chi connectivity index (χ1v) is 9.36. The topological polar surface area (TPSA) is 36.9 Å². The number of methoxy groups -OCH3 is 2. The minimum atomic E-state index is 0.169. The van der Waals surface area contributed by atoms with Gasteiger partial charge >= 0.3 is 0 Å². The van der Waals surface area contributed by atoms with Crippen molar-refractivity contribution in [3.63, 3.8) is 0 Å². The lowest BCUT2D eigenvalue weighted by Gasteiger charge is -2.17. The summed E-state index contributed by atoms with van der Waals surface area (Å²) in [5.74, 6) is 1.64. The fraction of sp³-hybridized carbons (Fsp3) is 0.250. The van der Waals surface area contributed by atoms with Crippen LogP contribution in [0.15, 0.2) is 66.7 Å². The van der Waals surface area contributed by atoms with Gasteiger partial charge in [0.25, 0.3) is 0 Å². The van der Waals surface area contributed by atoms with E-state index in [-0.39, 0.29) is 13.6 Å². The Hall–Kier alpha value is -2.82. The van der Waals surface area contributed by atoms with E-state index in [1.165, 1.54) is 27.8 Å². The predicted octanol–water partition coefficient (Wildman–Crippen LogP) is 5.01. The number of benzene rings is 3. The Morgan fingerprint density at radius 1 is 0.679 bits per heavy atom. The fourth-order valence-electron chi connectivity index (χ4n) is 3.87. The summed E-state index contributed by atoms with van der Waals surface area (Å²) in [6.45, 7) is 0.341. The molecule has 0 bridgehead atoms. The second-order valence-corrected chi connectivity index (χ2v) is 6.81. The first kappa shape index (κ1) is 18.5. The fourth-order valence-corrected chi connectivity index (χ4v) is 3.87. The number of fused-ring (bicyclic) bond motifs is 3. The molecule has 0 aromatic heterocycles. The van der Waals surface area contributed by atoms with Gasteiger partial charge in [-0.3, -0.25) is 0 Å². The van der Waals surface area contributed by atoms with Gasteiger partial charge in [-0.2, -0.15) is 0 Å². The van der Waals surface area contributed by atoms with Gasteiger partial charge in [0, 0.05) is 20.1 Å². The van der Waals surface area contributed by atoms with Crippen LogP contribution in [0.3, 0.4) is 0 Å². The van der Waals surface area contributed by atoms with Crippen molar-refractivity contribution in [3.05, 3.63) is 83.4 Å². The van der Waals surface area contributed by atoms with Crippen LogP contribution < -0.4 is 9.47 Å². The maximum absolute atomic E-state index is 5.72. The molecule has 0 unspecified atom stereocenters. The zero-order valence-electron chi connectivity index (χ0n) is 16.2. The van der Waals surface area contributed by atoms with Gasteiger partial charge < -0.3 is 18.9 Å². The molecule has 3 aromatic carbocycles. The molecule has 144 valence electrons. The largest absolute Gasteiger partial charge is 0.464 e. The number of rotatable bonds is 8. The van der Waals surface area contributed by atoms with Crippen LogP contribution in [-0.4, -0.2) is 27.8 Å². The first-order chi connectivity index (χ1) is 13.8. The Morgan fingerprint density at radius 3 is 1.86 bits per heavy atom. The molecular weight excluding hydrogens is 352 g/mol. The van der Waals surface area contributed by atoms with Crippen molar-refractivity contribution in [1.29, 1.82) is 0 Å². The van der Waals surface area contributed by atoms with E-state index < -0.39 is 0 Å². The highest BCUT2D eigenvalue weighted by atomic mass is 16.7. The minimum absolute atomic E-state index is 0.169. The molecule has 0 fully saturated rings. The first-order valence-electron chi connectivity index (χ1n) is 9.36. The van der Waals surface area contributed by atoms with Gasteiger partial charge in [0.15, 0.2) is 25.1 Å². The normalized spacial score (nSPS) is 12.5. The molecule has 0 aliphatic heterocycles. The molecule has 4 nitrogen and oxygen atoms in total. The van der Waals surface area contributed by atoms with E-state index in [4.69, 9.17) is 18.9 Å². The van der Waals surface area contributed by atoms with E-state index >= 15 is 0 Å².